The molecule has 3 N–H and O–H groups in total. The topological polar surface area (TPSA) is 195 Å². The van der Waals surface area contributed by atoms with E-state index in [0.29, 0.717) is 43.6 Å². The molecule has 0 unspecified atom stereocenters. The molecule has 5 heterocycles. The summed E-state index contributed by atoms with van der Waals surface area (Å²) in [4.78, 5) is 67.0. The zero-order chi connectivity index (χ0) is 38.5. The Morgan fingerprint density at radius 3 is 2.56 bits per heavy atom. The molecule has 0 spiro atoms. The molecule has 0 radical (unpaired) electrons. The van der Waals surface area contributed by atoms with E-state index in [2.05, 4.69) is 25.4 Å². The van der Waals surface area contributed by atoms with Gasteiger partial charge in [0.2, 0.25) is 27.7 Å². The largest absolute Gasteiger partial charge is 0.472 e. The van der Waals surface area contributed by atoms with Gasteiger partial charge in [0.15, 0.2) is 5.65 Å². The fraction of sp³-hybridized carbons (Fsp3) is 0.462. The highest BCUT2D eigenvalue weighted by Gasteiger charge is 2.62. The van der Waals surface area contributed by atoms with E-state index in [-0.39, 0.29) is 25.1 Å². The summed E-state index contributed by atoms with van der Waals surface area (Å²) >= 11 is 0. The van der Waals surface area contributed by atoms with Gasteiger partial charge in [-0.15, -0.1) is 0 Å². The van der Waals surface area contributed by atoms with Crippen LogP contribution in [0.1, 0.15) is 74.0 Å². The number of benzene rings is 1. The Bertz CT molecular complexity index is 2320. The maximum Gasteiger partial charge on any atom is 0.272 e. The number of nitrogens with zero attached hydrogens (tertiary/aromatic N) is 5. The molecular formula is C39H44N8O7S. The molecule has 2 aliphatic heterocycles. The second-order valence-corrected chi connectivity index (χ2v) is 17.1. The molecule has 3 fully saturated rings. The van der Waals surface area contributed by atoms with Crippen molar-refractivity contribution in [2.75, 3.05) is 6.54 Å². The lowest BCUT2D eigenvalue weighted by atomic mass is 10.0. The normalized spacial score (nSPS) is 26.0. The van der Waals surface area contributed by atoms with Gasteiger partial charge in [-0.1, -0.05) is 43.2 Å². The van der Waals surface area contributed by atoms with Gasteiger partial charge in [0, 0.05) is 42.0 Å². The van der Waals surface area contributed by atoms with Gasteiger partial charge in [-0.25, -0.2) is 13.4 Å². The lowest BCUT2D eigenvalue weighted by Crippen LogP contribution is -2.58. The molecule has 55 heavy (non-hydrogen) atoms. The predicted octanol–water partition coefficient (Wildman–Crippen LogP) is 2.98. The van der Waals surface area contributed by atoms with Gasteiger partial charge in [0.25, 0.3) is 11.8 Å². The number of allylic oxidation sites excluding steroid dienone is 1. The molecule has 4 aromatic rings. The average Bonchev–Trinajstić information content (AvgIpc) is 4.07. The van der Waals surface area contributed by atoms with Gasteiger partial charge in [-0.3, -0.25) is 28.6 Å². The number of carbonyl (C=O) groups is 4. The fourth-order valence-corrected chi connectivity index (χ4v) is 9.12. The van der Waals surface area contributed by atoms with Crippen LogP contribution < -0.4 is 20.1 Å². The van der Waals surface area contributed by atoms with Crippen LogP contribution in [0.5, 0.6) is 5.88 Å². The number of hydrogen-bond acceptors (Lipinski definition) is 10. The Morgan fingerprint density at radius 2 is 1.80 bits per heavy atom. The van der Waals surface area contributed by atoms with Gasteiger partial charge >= 0.3 is 0 Å². The molecule has 3 aromatic heterocycles. The molecular weight excluding hydrogens is 725 g/mol. The van der Waals surface area contributed by atoms with Crippen molar-refractivity contribution in [3.63, 3.8) is 0 Å². The van der Waals surface area contributed by atoms with E-state index in [9.17, 15) is 27.6 Å². The Hall–Kier alpha value is -5.38. The third kappa shape index (κ3) is 7.26. The minimum Gasteiger partial charge on any atom is -0.472 e. The highest BCUT2D eigenvalue weighted by atomic mass is 32.2. The summed E-state index contributed by atoms with van der Waals surface area (Å²) in [5, 5.41) is 11.9. The maximum atomic E-state index is 14.7. The lowest BCUT2D eigenvalue weighted by Gasteiger charge is -2.29. The van der Waals surface area contributed by atoms with E-state index in [1.807, 2.05) is 55.5 Å². The number of aryl methyl sites for hydroxylation is 2. The molecule has 4 amide bonds. The highest BCUT2D eigenvalue weighted by molar-refractivity contribution is 7.91. The maximum absolute atomic E-state index is 14.7. The monoisotopic (exact) mass is 768 g/mol. The van der Waals surface area contributed by atoms with E-state index in [1.165, 1.54) is 4.90 Å². The smallest absolute Gasteiger partial charge is 0.272 e. The van der Waals surface area contributed by atoms with Crippen molar-refractivity contribution in [2.45, 2.75) is 93.7 Å². The van der Waals surface area contributed by atoms with Crippen LogP contribution in [0.3, 0.4) is 0 Å². The number of aromatic nitrogens is 4. The van der Waals surface area contributed by atoms with Crippen LogP contribution in [0, 0.1) is 12.8 Å². The summed E-state index contributed by atoms with van der Waals surface area (Å²) in [5.74, 6) is -2.52. The third-order valence-electron chi connectivity index (χ3n) is 11.2. The first-order valence-corrected chi connectivity index (χ1v) is 20.4. The number of fused-ring (bicyclic) bond motifs is 5. The SMILES string of the molecule is Cc1cc(C(=O)N[C@H]2CCCCCC=C[C@@H]3C[C@@]3(C(=O)NS(=O)(=O)C3CC3)NC(=O)[C@@H]3C[C@@H](Oc4nc5ncccc5c5ccccc45)CN3C2=O)nn1C. The van der Waals surface area contributed by atoms with Crippen molar-refractivity contribution < 1.29 is 32.3 Å². The number of amides is 4. The first-order chi connectivity index (χ1) is 26.4. The Morgan fingerprint density at radius 1 is 1.02 bits per heavy atom. The Balaban J connectivity index is 1.12. The van der Waals surface area contributed by atoms with Crippen molar-refractivity contribution in [1.82, 2.24) is 40.0 Å². The molecule has 0 bridgehead atoms. The summed E-state index contributed by atoms with van der Waals surface area (Å²) in [5.41, 5.74) is -0.0840. The first-order valence-electron chi connectivity index (χ1n) is 18.9. The summed E-state index contributed by atoms with van der Waals surface area (Å²) < 4.78 is 36.1. The number of pyridine rings is 2. The molecule has 15 nitrogen and oxygen atoms in total. The second-order valence-electron chi connectivity index (χ2n) is 15.2. The molecule has 5 atom stereocenters. The van der Waals surface area contributed by atoms with Crippen molar-refractivity contribution in [3.05, 3.63) is 72.2 Å². The number of carbonyl (C=O) groups excluding carboxylic acids is 4. The molecule has 16 heteroatoms. The van der Waals surface area contributed by atoms with Crippen molar-refractivity contribution in [1.29, 1.82) is 0 Å². The number of ether oxygens (including phenoxy) is 1. The summed E-state index contributed by atoms with van der Waals surface area (Å²) in [6.07, 6.45) is 9.18. The van der Waals surface area contributed by atoms with E-state index in [4.69, 9.17) is 9.72 Å². The van der Waals surface area contributed by atoms with Crippen molar-refractivity contribution in [3.8, 4) is 5.88 Å². The summed E-state index contributed by atoms with van der Waals surface area (Å²) in [6, 6.07) is 10.9. The summed E-state index contributed by atoms with van der Waals surface area (Å²) in [7, 11) is -2.17. The zero-order valence-corrected chi connectivity index (χ0v) is 31.5. The van der Waals surface area contributed by atoms with E-state index in [0.717, 1.165) is 34.7 Å². The van der Waals surface area contributed by atoms with Crippen LogP contribution in [0.15, 0.2) is 60.8 Å². The molecule has 8 rings (SSSR count). The fourth-order valence-electron chi connectivity index (χ4n) is 7.76. The number of hydrogen-bond donors (Lipinski definition) is 3. The molecule has 1 aromatic carbocycles. The Kier molecular flexibility index (Phi) is 9.55. The molecule has 2 aliphatic carbocycles. The zero-order valence-electron chi connectivity index (χ0n) is 30.7. The predicted molar refractivity (Wildman–Crippen MR) is 202 cm³/mol. The van der Waals surface area contributed by atoms with Crippen molar-refractivity contribution >= 4 is 55.5 Å². The lowest BCUT2D eigenvalue weighted by molar-refractivity contribution is -0.141. The number of rotatable bonds is 7. The van der Waals surface area contributed by atoms with Crippen LogP contribution >= 0.6 is 0 Å². The number of nitrogens with one attached hydrogen (secondary N) is 3. The first kappa shape index (κ1) is 36.6. The standard InChI is InChI=1S/C39H44N8O7S/c1-23-19-31(44-46(23)2)34(48)41-30-15-7-5-3-4-6-11-24-21-39(24,38(51)45-55(52,53)26-16-17-26)43-35(49)32-20-25(22-47(32)37(30)50)54-36-29-13-9-8-12-27(29)28-14-10-18-40-33(28)42-36/h6,8-14,18-19,24-26,30,32H,3-5,7,15-17,20-22H2,1-2H3,(H,41,48)(H,43,49)(H,45,51)/t24-,25-,30+,32+,39-/m1/s1. The van der Waals surface area contributed by atoms with Gasteiger partial charge in [-0.05, 0) is 75.1 Å². The summed E-state index contributed by atoms with van der Waals surface area (Å²) in [6.45, 7) is 1.81. The average molecular weight is 769 g/mol. The van der Waals surface area contributed by atoms with Crippen LogP contribution in [-0.4, -0.2) is 92.2 Å². The van der Waals surface area contributed by atoms with E-state index < -0.39 is 68.5 Å². The van der Waals surface area contributed by atoms with Crippen LogP contribution in [0.2, 0.25) is 0 Å². The number of sulfonamides is 1. The van der Waals surface area contributed by atoms with E-state index in [1.54, 1.807) is 24.0 Å². The van der Waals surface area contributed by atoms with Gasteiger partial charge in [0.1, 0.15) is 29.4 Å². The molecule has 4 aliphatic rings. The minimum absolute atomic E-state index is 0.0131. The molecule has 1 saturated heterocycles. The minimum atomic E-state index is -3.90. The van der Waals surface area contributed by atoms with Crippen LogP contribution in [0.4, 0.5) is 0 Å². The Labute approximate surface area is 318 Å². The van der Waals surface area contributed by atoms with Crippen LogP contribution in [-0.2, 0) is 31.5 Å². The molecule has 288 valence electrons. The second kappa shape index (κ2) is 14.4. The van der Waals surface area contributed by atoms with Gasteiger partial charge in [-0.2, -0.15) is 10.1 Å². The molecule has 2 saturated carbocycles. The third-order valence-corrected chi connectivity index (χ3v) is 13.0. The van der Waals surface area contributed by atoms with Gasteiger partial charge in [0.05, 0.1) is 11.8 Å². The quantitative estimate of drug-likeness (QED) is 0.186. The van der Waals surface area contributed by atoms with Crippen LogP contribution in [0.25, 0.3) is 21.8 Å². The van der Waals surface area contributed by atoms with E-state index >= 15 is 0 Å². The highest BCUT2D eigenvalue weighted by Crippen LogP contribution is 2.46. The van der Waals surface area contributed by atoms with Gasteiger partial charge < -0.3 is 20.3 Å². The van der Waals surface area contributed by atoms with Crippen molar-refractivity contribution in [2.24, 2.45) is 13.0 Å².